The maximum absolute atomic E-state index is 11.1. The molecular formula is C15H25N7O. The van der Waals surface area contributed by atoms with Gasteiger partial charge in [0, 0.05) is 31.4 Å². The summed E-state index contributed by atoms with van der Waals surface area (Å²) in [7, 11) is 6.22. The summed E-state index contributed by atoms with van der Waals surface area (Å²) in [5.41, 5.74) is 1.03. The van der Waals surface area contributed by atoms with Crippen molar-refractivity contribution in [1.82, 2.24) is 34.8 Å². The third-order valence-electron chi connectivity index (χ3n) is 4.59. The van der Waals surface area contributed by atoms with E-state index in [4.69, 9.17) is 0 Å². The zero-order chi connectivity index (χ0) is 16.4. The van der Waals surface area contributed by atoms with Gasteiger partial charge in [-0.2, -0.15) is 10.2 Å². The molecule has 2 aromatic heterocycles. The van der Waals surface area contributed by atoms with Crippen molar-refractivity contribution in [3.05, 3.63) is 34.3 Å². The number of rotatable bonds is 5. The largest absolute Gasteiger partial charge is 0.340 e. The molecule has 0 unspecified atom stereocenters. The fourth-order valence-electron chi connectivity index (χ4n) is 3.67. The minimum Gasteiger partial charge on any atom is -0.299 e. The van der Waals surface area contributed by atoms with Gasteiger partial charge in [-0.1, -0.05) is 0 Å². The first-order valence-electron chi connectivity index (χ1n) is 8.04. The monoisotopic (exact) mass is 319 g/mol. The van der Waals surface area contributed by atoms with Crippen LogP contribution in [0.2, 0.25) is 0 Å². The van der Waals surface area contributed by atoms with Gasteiger partial charge in [0.2, 0.25) is 0 Å². The zero-order valence-corrected chi connectivity index (χ0v) is 14.0. The molecule has 3 rings (SSSR count). The van der Waals surface area contributed by atoms with Crippen LogP contribution in [0.15, 0.2) is 17.2 Å². The maximum Gasteiger partial charge on any atom is 0.340 e. The first-order valence-corrected chi connectivity index (χ1v) is 8.04. The van der Waals surface area contributed by atoms with Crippen LogP contribution in [0.5, 0.6) is 0 Å². The molecule has 0 aliphatic carbocycles. The number of hydrogen-bond donors (Lipinski definition) is 2. The second-order valence-electron chi connectivity index (χ2n) is 6.60. The summed E-state index contributed by atoms with van der Waals surface area (Å²) in [5.74, 6) is 1.22. The molecule has 1 aliphatic rings. The lowest BCUT2D eigenvalue weighted by Gasteiger charge is -2.40. The fourth-order valence-corrected chi connectivity index (χ4v) is 3.67. The molecule has 0 amide bonds. The third-order valence-corrected chi connectivity index (χ3v) is 4.59. The van der Waals surface area contributed by atoms with E-state index in [9.17, 15) is 4.79 Å². The first kappa shape index (κ1) is 15.9. The average Bonchev–Trinajstić information content (AvgIpc) is 3.08. The fraction of sp³-hybridized carbons (Fsp3) is 0.667. The van der Waals surface area contributed by atoms with Crippen molar-refractivity contribution in [2.75, 3.05) is 27.2 Å². The van der Waals surface area contributed by atoms with Crippen LogP contribution in [-0.4, -0.2) is 61.9 Å². The van der Waals surface area contributed by atoms with Crippen molar-refractivity contribution in [2.45, 2.75) is 25.4 Å². The molecule has 1 aliphatic heterocycles. The van der Waals surface area contributed by atoms with Gasteiger partial charge in [-0.05, 0) is 39.4 Å². The Kier molecular flexibility index (Phi) is 4.63. The van der Waals surface area contributed by atoms with E-state index in [-0.39, 0.29) is 5.69 Å². The topological polar surface area (TPSA) is 85.8 Å². The predicted octanol–water partition coefficient (Wildman–Crippen LogP) is 0.346. The molecule has 8 nitrogen and oxygen atoms in total. The van der Waals surface area contributed by atoms with Crippen molar-refractivity contribution < 1.29 is 0 Å². The lowest BCUT2D eigenvalue weighted by atomic mass is 9.86. The molecule has 0 bridgehead atoms. The van der Waals surface area contributed by atoms with Crippen LogP contribution in [0.4, 0.5) is 0 Å². The van der Waals surface area contributed by atoms with Crippen LogP contribution in [0.3, 0.4) is 0 Å². The molecule has 2 N–H and O–H groups in total. The summed E-state index contributed by atoms with van der Waals surface area (Å²) in [4.78, 5) is 18.5. The van der Waals surface area contributed by atoms with Crippen LogP contribution in [0, 0.1) is 5.92 Å². The van der Waals surface area contributed by atoms with Crippen LogP contribution in [-0.2, 0) is 13.6 Å². The Morgan fingerprint density at radius 2 is 2.26 bits per heavy atom. The number of piperidine rings is 1. The number of nitrogens with zero attached hydrogens (tertiary/aromatic N) is 5. The van der Waals surface area contributed by atoms with Gasteiger partial charge >= 0.3 is 5.69 Å². The van der Waals surface area contributed by atoms with Crippen molar-refractivity contribution in [1.29, 1.82) is 0 Å². The Balaban J connectivity index is 1.69. The van der Waals surface area contributed by atoms with Gasteiger partial charge in [0.15, 0.2) is 0 Å². The number of likely N-dealkylation sites (tertiary alicyclic amines) is 1. The number of hydrogen-bond acceptors (Lipinski definition) is 5. The summed E-state index contributed by atoms with van der Waals surface area (Å²) in [6.45, 7) is 2.71. The highest BCUT2D eigenvalue weighted by molar-refractivity contribution is 5.13. The Labute approximate surface area is 135 Å². The highest BCUT2D eigenvalue weighted by atomic mass is 16.1. The quantitative estimate of drug-likeness (QED) is 0.830. The molecule has 8 heteroatoms. The minimum atomic E-state index is -0.251. The third kappa shape index (κ3) is 3.70. The van der Waals surface area contributed by atoms with E-state index in [0.717, 1.165) is 13.1 Å². The van der Waals surface area contributed by atoms with Crippen molar-refractivity contribution in [3.63, 3.8) is 0 Å². The summed E-state index contributed by atoms with van der Waals surface area (Å²) < 4.78 is 1.87. The van der Waals surface area contributed by atoms with Crippen molar-refractivity contribution in [3.8, 4) is 0 Å². The zero-order valence-electron chi connectivity index (χ0n) is 14.0. The molecule has 0 spiro atoms. The van der Waals surface area contributed by atoms with E-state index in [1.165, 1.54) is 18.4 Å². The van der Waals surface area contributed by atoms with Crippen LogP contribution >= 0.6 is 0 Å². The summed E-state index contributed by atoms with van der Waals surface area (Å²) in [6, 6.07) is 0.387. The van der Waals surface area contributed by atoms with Crippen LogP contribution < -0.4 is 5.69 Å². The van der Waals surface area contributed by atoms with Gasteiger partial charge in [0.1, 0.15) is 5.82 Å². The second-order valence-corrected chi connectivity index (χ2v) is 6.60. The Hall–Kier alpha value is -1.93. The first-order chi connectivity index (χ1) is 11.0. The molecular weight excluding hydrogens is 294 g/mol. The molecule has 1 fully saturated rings. The molecule has 0 aromatic carbocycles. The molecule has 126 valence electrons. The molecule has 2 atom stereocenters. The standard InChI is InChI=1S/C15H25N7O/c1-20(10-13-17-15(23)19-18-13)8-11-5-4-6-21(2)14(11)12-7-16-22(3)9-12/h7,9,11,14H,4-6,8,10H2,1-3H3,(H2,17,18,19,23)/t11-,14+/m0/s1. The summed E-state index contributed by atoms with van der Waals surface area (Å²) >= 11 is 0. The lowest BCUT2D eigenvalue weighted by molar-refractivity contribution is 0.0919. The SMILES string of the molecule is CN(Cc1n[nH]c(=O)[nH]1)C[C@@H]1CCCN(C)[C@H]1c1cnn(C)c1. The molecule has 1 saturated heterocycles. The van der Waals surface area contributed by atoms with Gasteiger partial charge < -0.3 is 0 Å². The van der Waals surface area contributed by atoms with E-state index in [1.54, 1.807) is 0 Å². The normalized spacial score (nSPS) is 22.8. The Bertz CT molecular complexity index is 688. The lowest BCUT2D eigenvalue weighted by Crippen LogP contribution is -2.40. The summed E-state index contributed by atoms with van der Waals surface area (Å²) in [5, 5.41) is 10.7. The van der Waals surface area contributed by atoms with E-state index in [2.05, 4.69) is 50.4 Å². The summed E-state index contributed by atoms with van der Waals surface area (Å²) in [6.07, 6.45) is 6.51. The second kappa shape index (κ2) is 6.67. The molecule has 23 heavy (non-hydrogen) atoms. The van der Waals surface area contributed by atoms with Gasteiger partial charge in [-0.25, -0.2) is 9.89 Å². The highest BCUT2D eigenvalue weighted by Gasteiger charge is 2.32. The van der Waals surface area contributed by atoms with Crippen LogP contribution in [0.1, 0.15) is 30.3 Å². The van der Waals surface area contributed by atoms with Crippen LogP contribution in [0.25, 0.3) is 0 Å². The van der Waals surface area contributed by atoms with Gasteiger partial charge in [-0.3, -0.25) is 19.5 Å². The molecule has 0 radical (unpaired) electrons. The van der Waals surface area contributed by atoms with Gasteiger partial charge in [0.25, 0.3) is 0 Å². The maximum atomic E-state index is 11.1. The molecule has 0 saturated carbocycles. The van der Waals surface area contributed by atoms with E-state index < -0.39 is 0 Å². The number of aromatic nitrogens is 5. The smallest absolute Gasteiger partial charge is 0.299 e. The van der Waals surface area contributed by atoms with E-state index >= 15 is 0 Å². The van der Waals surface area contributed by atoms with Gasteiger partial charge in [0.05, 0.1) is 12.7 Å². The van der Waals surface area contributed by atoms with Gasteiger partial charge in [-0.15, -0.1) is 0 Å². The average molecular weight is 319 g/mol. The number of aryl methyl sites for hydroxylation is 1. The number of nitrogens with one attached hydrogen (secondary N) is 2. The van der Waals surface area contributed by atoms with Crippen molar-refractivity contribution >= 4 is 0 Å². The number of aromatic amines is 2. The molecule has 3 heterocycles. The van der Waals surface area contributed by atoms with Crippen molar-refractivity contribution in [2.24, 2.45) is 13.0 Å². The number of H-pyrrole nitrogens is 2. The Morgan fingerprint density at radius 1 is 1.43 bits per heavy atom. The molecule has 2 aromatic rings. The van der Waals surface area contributed by atoms with E-state index in [1.807, 2.05) is 17.9 Å². The predicted molar refractivity (Wildman–Crippen MR) is 86.8 cm³/mol. The minimum absolute atomic E-state index is 0.251. The van der Waals surface area contributed by atoms with E-state index in [0.29, 0.717) is 24.3 Å². The Morgan fingerprint density at radius 3 is 2.91 bits per heavy atom. The highest BCUT2D eigenvalue weighted by Crippen LogP contribution is 2.35.